The Morgan fingerprint density at radius 2 is 2.07 bits per heavy atom. The van der Waals surface area contributed by atoms with E-state index in [9.17, 15) is 14.7 Å². The van der Waals surface area contributed by atoms with Gasteiger partial charge in [-0.3, -0.25) is 4.79 Å². The fraction of sp³-hybridized carbons (Fsp3) is 0.238. The quantitative estimate of drug-likeness (QED) is 0.414. The van der Waals surface area contributed by atoms with E-state index in [-0.39, 0.29) is 27.9 Å². The number of hydrogen-bond donors (Lipinski definition) is 1. The van der Waals surface area contributed by atoms with Crippen LogP contribution in [0.25, 0.3) is 28.1 Å². The summed E-state index contributed by atoms with van der Waals surface area (Å²) in [6.45, 7) is 0. The molecule has 1 aromatic carbocycles. The topological polar surface area (TPSA) is 96.0 Å². The molecule has 1 saturated carbocycles. The second-order valence-corrected chi connectivity index (χ2v) is 7.11. The lowest BCUT2D eigenvalue weighted by molar-refractivity contribution is 0.0697. The Hall–Kier alpha value is -3.48. The minimum absolute atomic E-state index is 0.0137. The van der Waals surface area contributed by atoms with Crippen LogP contribution < -0.4 is 5.43 Å². The molecule has 1 fully saturated rings. The molecule has 0 saturated heterocycles. The van der Waals surface area contributed by atoms with E-state index in [2.05, 4.69) is 16.1 Å². The van der Waals surface area contributed by atoms with Gasteiger partial charge in [0.15, 0.2) is 5.82 Å². The normalized spacial score (nSPS) is 14.5. The number of fused-ring (bicyclic) bond motifs is 2. The Morgan fingerprint density at radius 3 is 2.75 bits per heavy atom. The van der Waals surface area contributed by atoms with Crippen LogP contribution >= 0.6 is 0 Å². The number of rotatable bonds is 5. The first-order valence-electron chi connectivity index (χ1n) is 8.96. The van der Waals surface area contributed by atoms with Crippen LogP contribution in [0, 0.1) is 5.92 Å². The fourth-order valence-electron chi connectivity index (χ4n) is 2.86. The highest BCUT2D eigenvalue weighted by atomic mass is 16.4. The van der Waals surface area contributed by atoms with Crippen molar-refractivity contribution in [3.63, 3.8) is 0 Å². The van der Waals surface area contributed by atoms with Crippen molar-refractivity contribution in [3.8, 4) is 0 Å². The number of aliphatic imine (C=N–C) groups is 1. The summed E-state index contributed by atoms with van der Waals surface area (Å²) in [5.41, 5.74) is 0.914. The Balaban J connectivity index is 1.90. The van der Waals surface area contributed by atoms with Crippen molar-refractivity contribution in [2.24, 2.45) is 10.9 Å². The predicted molar refractivity (Wildman–Crippen MR) is 108 cm³/mol. The molecule has 0 spiro atoms. The van der Waals surface area contributed by atoms with E-state index in [4.69, 9.17) is 4.42 Å². The number of aromatic nitrogens is 1. The summed E-state index contributed by atoms with van der Waals surface area (Å²) in [6.07, 6.45) is 8.00. The summed E-state index contributed by atoms with van der Waals surface area (Å²) < 4.78 is 5.79. The van der Waals surface area contributed by atoms with Crippen LogP contribution in [0.4, 0.5) is 5.82 Å². The number of benzene rings is 1. The minimum atomic E-state index is -1.21. The number of hydrogen-bond acceptors (Lipinski definition) is 5. The zero-order valence-corrected chi connectivity index (χ0v) is 15.5. The third-order valence-corrected chi connectivity index (χ3v) is 4.49. The summed E-state index contributed by atoms with van der Waals surface area (Å²) in [7, 11) is 3.52. The Kier molecular flexibility index (Phi) is 4.43. The van der Waals surface area contributed by atoms with Crippen molar-refractivity contribution < 1.29 is 14.3 Å². The molecule has 2 aromatic heterocycles. The van der Waals surface area contributed by atoms with Gasteiger partial charge in [-0.05, 0) is 42.5 Å². The number of nitrogens with zero attached hydrogens (tertiary/aromatic N) is 3. The van der Waals surface area contributed by atoms with Gasteiger partial charge in [-0.2, -0.15) is 4.98 Å². The van der Waals surface area contributed by atoms with Gasteiger partial charge < -0.3 is 14.4 Å². The predicted octanol–water partition coefficient (Wildman–Crippen LogP) is 3.68. The Bertz CT molecular complexity index is 1200. The van der Waals surface area contributed by atoms with Crippen LogP contribution in [0.2, 0.25) is 0 Å². The van der Waals surface area contributed by atoms with Gasteiger partial charge in [0.05, 0.1) is 17.1 Å². The third-order valence-electron chi connectivity index (χ3n) is 4.49. The van der Waals surface area contributed by atoms with E-state index >= 15 is 0 Å². The molecular formula is C21H19N3O4. The first kappa shape index (κ1) is 17.9. The van der Waals surface area contributed by atoms with Crippen molar-refractivity contribution >= 4 is 46.3 Å². The maximum atomic E-state index is 13.0. The fourth-order valence-corrected chi connectivity index (χ4v) is 2.86. The van der Waals surface area contributed by atoms with Gasteiger partial charge >= 0.3 is 5.97 Å². The molecule has 4 rings (SSSR count). The first-order chi connectivity index (χ1) is 13.4. The third kappa shape index (κ3) is 3.51. The lowest BCUT2D eigenvalue weighted by Gasteiger charge is -2.06. The van der Waals surface area contributed by atoms with Crippen molar-refractivity contribution in [2.45, 2.75) is 12.8 Å². The smallest absolute Gasteiger partial charge is 0.339 e. The maximum Gasteiger partial charge on any atom is 0.339 e. The maximum absolute atomic E-state index is 13.0. The zero-order valence-electron chi connectivity index (χ0n) is 15.5. The van der Waals surface area contributed by atoms with Gasteiger partial charge in [0.2, 0.25) is 11.1 Å². The monoisotopic (exact) mass is 377 g/mol. The van der Waals surface area contributed by atoms with Crippen molar-refractivity contribution in [2.75, 3.05) is 14.1 Å². The van der Waals surface area contributed by atoms with Crippen LogP contribution in [-0.2, 0) is 0 Å². The van der Waals surface area contributed by atoms with Gasteiger partial charge in [0, 0.05) is 14.1 Å². The van der Waals surface area contributed by atoms with E-state index in [1.807, 2.05) is 12.1 Å². The number of allylic oxidation sites excluding steroid dienone is 1. The standard InChI is InChI=1S/C21H19N3O4/c1-24(2)11-22-19-16(21(26)27)10-15-18(25)14-9-13(6-5-12-3-4-12)7-8-17(14)28-20(15)23-19/h5-12H,3-4H2,1-2H3,(H,26,27)/b6-5+,22-11+. The molecule has 1 aliphatic rings. The lowest BCUT2D eigenvalue weighted by Crippen LogP contribution is -2.09. The molecule has 7 heteroatoms. The molecule has 1 aliphatic carbocycles. The molecule has 0 bridgehead atoms. The minimum Gasteiger partial charge on any atom is -0.478 e. The molecule has 2 heterocycles. The largest absolute Gasteiger partial charge is 0.478 e. The van der Waals surface area contributed by atoms with E-state index in [0.29, 0.717) is 16.9 Å². The number of carboxylic acids is 1. The zero-order chi connectivity index (χ0) is 19.8. The van der Waals surface area contributed by atoms with E-state index in [1.165, 1.54) is 25.2 Å². The Labute approximate surface area is 160 Å². The first-order valence-corrected chi connectivity index (χ1v) is 8.96. The van der Waals surface area contributed by atoms with Gasteiger partial charge in [-0.1, -0.05) is 18.2 Å². The molecule has 0 unspecified atom stereocenters. The molecule has 0 atom stereocenters. The Morgan fingerprint density at radius 1 is 1.29 bits per heavy atom. The summed E-state index contributed by atoms with van der Waals surface area (Å²) in [5.74, 6) is -0.590. The van der Waals surface area contributed by atoms with Gasteiger partial charge in [0.25, 0.3) is 0 Å². The SMILES string of the molecule is CN(C)/C=N/c1nc2oc3ccc(/C=C/C4CC4)cc3c(=O)c2cc1C(=O)O. The molecule has 3 aromatic rings. The summed E-state index contributed by atoms with van der Waals surface area (Å²) in [4.78, 5) is 34.5. The second kappa shape index (κ2) is 6.92. The molecular weight excluding hydrogens is 358 g/mol. The van der Waals surface area contributed by atoms with Crippen LogP contribution in [0.3, 0.4) is 0 Å². The summed E-state index contributed by atoms with van der Waals surface area (Å²) in [5, 5.41) is 10.0. The molecule has 7 nitrogen and oxygen atoms in total. The van der Waals surface area contributed by atoms with Crippen molar-refractivity contribution in [3.05, 3.63) is 51.7 Å². The number of pyridine rings is 1. The molecule has 0 aliphatic heterocycles. The molecule has 28 heavy (non-hydrogen) atoms. The van der Waals surface area contributed by atoms with Gasteiger partial charge in [-0.15, -0.1) is 0 Å². The number of aromatic carboxylic acids is 1. The summed E-state index contributed by atoms with van der Waals surface area (Å²) in [6, 6.07) is 6.66. The highest BCUT2D eigenvalue weighted by molar-refractivity contribution is 5.99. The molecule has 142 valence electrons. The van der Waals surface area contributed by atoms with Crippen LogP contribution in [0.1, 0.15) is 28.8 Å². The average molecular weight is 377 g/mol. The van der Waals surface area contributed by atoms with Crippen LogP contribution in [0.5, 0.6) is 0 Å². The number of carboxylic acid groups (broad SMARTS) is 1. The highest BCUT2D eigenvalue weighted by Gasteiger charge is 2.18. The van der Waals surface area contributed by atoms with Crippen molar-refractivity contribution in [1.29, 1.82) is 0 Å². The lowest BCUT2D eigenvalue weighted by atomic mass is 10.1. The van der Waals surface area contributed by atoms with Gasteiger partial charge in [0.1, 0.15) is 11.1 Å². The summed E-state index contributed by atoms with van der Waals surface area (Å²) >= 11 is 0. The van der Waals surface area contributed by atoms with Crippen molar-refractivity contribution in [1.82, 2.24) is 9.88 Å². The van der Waals surface area contributed by atoms with Crippen LogP contribution in [-0.4, -0.2) is 41.4 Å². The second-order valence-electron chi connectivity index (χ2n) is 7.11. The molecule has 0 amide bonds. The average Bonchev–Trinajstić information content (AvgIpc) is 3.49. The van der Waals surface area contributed by atoms with E-state index < -0.39 is 5.97 Å². The van der Waals surface area contributed by atoms with Crippen LogP contribution in [0.15, 0.2) is 44.5 Å². The number of carbonyl (C=O) groups is 1. The molecule has 0 radical (unpaired) electrons. The van der Waals surface area contributed by atoms with E-state index in [0.717, 1.165) is 5.56 Å². The van der Waals surface area contributed by atoms with E-state index in [1.54, 1.807) is 31.1 Å². The van der Waals surface area contributed by atoms with Gasteiger partial charge in [-0.25, -0.2) is 9.79 Å². The highest BCUT2D eigenvalue weighted by Crippen LogP contribution is 2.31. The molecule has 1 N–H and O–H groups in total.